The summed E-state index contributed by atoms with van der Waals surface area (Å²) in [5.74, 6) is -1.60. The maximum atomic E-state index is 10.2. The Morgan fingerprint density at radius 2 is 1.67 bits per heavy atom. The first-order valence-electron chi connectivity index (χ1n) is 9.21. The van der Waals surface area contributed by atoms with E-state index in [-0.39, 0.29) is 0 Å². The van der Waals surface area contributed by atoms with Gasteiger partial charge in [-0.15, -0.1) is 0 Å². The van der Waals surface area contributed by atoms with Crippen molar-refractivity contribution in [1.82, 2.24) is 0 Å². The highest BCUT2D eigenvalue weighted by Gasteiger charge is 2.60. The predicted octanol–water partition coefficient (Wildman–Crippen LogP) is -1.16. The average molecular weight is 392 g/mol. The Kier molecular flexibility index (Phi) is 5.04. The zero-order chi connectivity index (χ0) is 19.6. The molecule has 4 rings (SSSR count). The van der Waals surface area contributed by atoms with Crippen molar-refractivity contribution in [3.63, 3.8) is 0 Å². The molecule has 0 aromatic heterocycles. The summed E-state index contributed by atoms with van der Waals surface area (Å²) in [4.78, 5) is 0. The minimum absolute atomic E-state index is 0.302. The van der Waals surface area contributed by atoms with Crippen molar-refractivity contribution in [3.05, 3.63) is 0 Å². The Morgan fingerprint density at radius 1 is 0.926 bits per heavy atom. The van der Waals surface area contributed by atoms with Gasteiger partial charge < -0.3 is 48.5 Å². The highest BCUT2D eigenvalue weighted by atomic mass is 16.9. The molecule has 0 aliphatic carbocycles. The van der Waals surface area contributed by atoms with E-state index in [1.807, 2.05) is 0 Å². The molecule has 0 saturated carbocycles. The van der Waals surface area contributed by atoms with Crippen LogP contribution in [0, 0.1) is 0 Å². The molecule has 4 fully saturated rings. The molecule has 9 unspecified atom stereocenters. The molecule has 4 aliphatic heterocycles. The molecule has 10 heteroatoms. The van der Waals surface area contributed by atoms with E-state index in [2.05, 4.69) is 0 Å². The molecular formula is C17H28O10. The van der Waals surface area contributed by atoms with Gasteiger partial charge in [0, 0.05) is 0 Å². The zero-order valence-corrected chi connectivity index (χ0v) is 15.8. The Labute approximate surface area is 157 Å². The quantitative estimate of drug-likeness (QED) is 0.539. The number of hydrogen-bond acceptors (Lipinski definition) is 10. The second kappa shape index (κ2) is 6.84. The molecule has 3 N–H and O–H groups in total. The molecule has 0 aromatic rings. The third kappa shape index (κ3) is 3.64. The van der Waals surface area contributed by atoms with Gasteiger partial charge in [0.25, 0.3) is 0 Å². The van der Waals surface area contributed by atoms with Crippen molar-refractivity contribution in [2.75, 3.05) is 13.2 Å². The molecule has 9 atom stereocenters. The molecule has 0 aromatic carbocycles. The van der Waals surface area contributed by atoms with Gasteiger partial charge in [-0.25, -0.2) is 0 Å². The van der Waals surface area contributed by atoms with Gasteiger partial charge >= 0.3 is 0 Å². The average Bonchev–Trinajstić information content (AvgIpc) is 3.25. The van der Waals surface area contributed by atoms with Crippen LogP contribution < -0.4 is 0 Å². The van der Waals surface area contributed by atoms with Crippen LogP contribution in [-0.4, -0.2) is 95.4 Å². The van der Waals surface area contributed by atoms with Gasteiger partial charge in [0.2, 0.25) is 0 Å². The fourth-order valence-electron chi connectivity index (χ4n) is 3.97. The lowest BCUT2D eigenvalue weighted by molar-refractivity contribution is -0.261. The highest BCUT2D eigenvalue weighted by Crippen LogP contribution is 2.43. The smallest absolute Gasteiger partial charge is 0.190 e. The van der Waals surface area contributed by atoms with Gasteiger partial charge in [-0.1, -0.05) is 0 Å². The van der Waals surface area contributed by atoms with E-state index in [0.29, 0.717) is 6.61 Å². The summed E-state index contributed by atoms with van der Waals surface area (Å²) >= 11 is 0. The van der Waals surface area contributed by atoms with Crippen molar-refractivity contribution in [3.8, 4) is 0 Å². The van der Waals surface area contributed by atoms with Gasteiger partial charge in [0.15, 0.2) is 24.2 Å². The summed E-state index contributed by atoms with van der Waals surface area (Å²) in [7, 11) is 0. The molecule has 0 spiro atoms. The second-order valence-corrected chi connectivity index (χ2v) is 8.24. The van der Waals surface area contributed by atoms with Gasteiger partial charge in [-0.05, 0) is 27.7 Å². The van der Waals surface area contributed by atoms with Crippen molar-refractivity contribution in [2.24, 2.45) is 0 Å². The lowest BCUT2D eigenvalue weighted by atomic mass is 10.1. The molecule has 0 radical (unpaired) electrons. The van der Waals surface area contributed by atoms with Crippen LogP contribution in [-0.2, 0) is 33.2 Å². The Hall–Kier alpha value is -0.400. The summed E-state index contributed by atoms with van der Waals surface area (Å²) < 4.78 is 40.7. The molecule has 10 nitrogen and oxygen atoms in total. The number of aliphatic hydroxyl groups is 3. The number of fused-ring (bicyclic) bond motifs is 1. The van der Waals surface area contributed by atoms with Gasteiger partial charge in [-0.3, -0.25) is 0 Å². The van der Waals surface area contributed by atoms with Crippen molar-refractivity contribution in [1.29, 1.82) is 0 Å². The summed E-state index contributed by atoms with van der Waals surface area (Å²) in [5.41, 5.74) is 0. The van der Waals surface area contributed by atoms with Crippen LogP contribution in [0.1, 0.15) is 27.7 Å². The van der Waals surface area contributed by atoms with Crippen LogP contribution in [0.5, 0.6) is 0 Å². The summed E-state index contributed by atoms with van der Waals surface area (Å²) in [6.45, 7) is 7.02. The van der Waals surface area contributed by atoms with E-state index in [1.54, 1.807) is 27.7 Å². The first-order valence-corrected chi connectivity index (χ1v) is 9.21. The number of rotatable bonds is 4. The fraction of sp³-hybridized carbons (Fsp3) is 1.00. The summed E-state index contributed by atoms with van der Waals surface area (Å²) in [6.07, 6.45) is -7.57. The topological polar surface area (TPSA) is 125 Å². The third-order valence-corrected chi connectivity index (χ3v) is 5.21. The van der Waals surface area contributed by atoms with Crippen LogP contribution in [0.15, 0.2) is 0 Å². The lowest BCUT2D eigenvalue weighted by Crippen LogP contribution is -2.47. The van der Waals surface area contributed by atoms with E-state index in [9.17, 15) is 15.3 Å². The molecule has 156 valence electrons. The van der Waals surface area contributed by atoms with Gasteiger partial charge in [0.1, 0.15) is 42.7 Å². The first-order chi connectivity index (χ1) is 12.6. The molecule has 0 bridgehead atoms. The molecule has 0 amide bonds. The lowest BCUT2D eigenvalue weighted by Gasteiger charge is -2.31. The van der Waals surface area contributed by atoms with Gasteiger partial charge in [0.05, 0.1) is 13.2 Å². The molecule has 27 heavy (non-hydrogen) atoms. The van der Waals surface area contributed by atoms with Crippen LogP contribution in [0.25, 0.3) is 0 Å². The zero-order valence-electron chi connectivity index (χ0n) is 15.8. The van der Waals surface area contributed by atoms with E-state index in [0.717, 1.165) is 0 Å². The number of ether oxygens (including phenoxy) is 7. The maximum Gasteiger partial charge on any atom is 0.190 e. The second-order valence-electron chi connectivity index (χ2n) is 8.24. The maximum absolute atomic E-state index is 10.2. The minimum Gasteiger partial charge on any atom is -0.394 e. The Morgan fingerprint density at radius 3 is 2.26 bits per heavy atom. The summed E-state index contributed by atoms with van der Waals surface area (Å²) in [6, 6.07) is 0. The SMILES string of the molecule is CC1(C)OCC(C2OC3OC(C)(C)OC3C2OC2OC(CO)C(O)C2O)O1. The highest BCUT2D eigenvalue weighted by molar-refractivity contribution is 5.00. The number of aliphatic hydroxyl groups excluding tert-OH is 3. The number of hydrogen-bond donors (Lipinski definition) is 3. The third-order valence-electron chi connectivity index (χ3n) is 5.21. The van der Waals surface area contributed by atoms with Crippen molar-refractivity contribution in [2.45, 2.75) is 94.6 Å². The first kappa shape index (κ1) is 19.9. The monoisotopic (exact) mass is 392 g/mol. The van der Waals surface area contributed by atoms with E-state index in [4.69, 9.17) is 33.2 Å². The largest absolute Gasteiger partial charge is 0.394 e. The van der Waals surface area contributed by atoms with E-state index in [1.165, 1.54) is 0 Å². The standard InChI is InChI=1S/C17H28O10/c1-16(2)21-6-8(25-16)11-12(13-15(23-11)27-17(3,4)26-13)24-14-10(20)9(19)7(5-18)22-14/h7-15,18-20H,5-6H2,1-4H3. The molecular weight excluding hydrogens is 364 g/mol. The van der Waals surface area contributed by atoms with Crippen LogP contribution in [0.3, 0.4) is 0 Å². The Bertz CT molecular complexity index is 554. The van der Waals surface area contributed by atoms with Crippen molar-refractivity contribution >= 4 is 0 Å². The van der Waals surface area contributed by atoms with Gasteiger partial charge in [-0.2, -0.15) is 0 Å². The van der Waals surface area contributed by atoms with E-state index < -0.39 is 73.5 Å². The van der Waals surface area contributed by atoms with Crippen LogP contribution in [0.4, 0.5) is 0 Å². The molecule has 4 heterocycles. The fourth-order valence-corrected chi connectivity index (χ4v) is 3.97. The van der Waals surface area contributed by atoms with Crippen LogP contribution in [0.2, 0.25) is 0 Å². The van der Waals surface area contributed by atoms with Crippen molar-refractivity contribution < 1.29 is 48.5 Å². The summed E-state index contributed by atoms with van der Waals surface area (Å²) in [5, 5.41) is 29.5. The minimum atomic E-state index is -1.31. The molecule has 4 aliphatic rings. The molecule has 4 saturated heterocycles. The normalized spacial score (nSPS) is 51.0. The van der Waals surface area contributed by atoms with E-state index >= 15 is 0 Å². The Balaban J connectivity index is 1.52. The van der Waals surface area contributed by atoms with Crippen LogP contribution >= 0.6 is 0 Å². The predicted molar refractivity (Wildman–Crippen MR) is 86.2 cm³/mol.